The second-order valence-electron chi connectivity index (χ2n) is 5.54. The first-order valence-electron chi connectivity index (χ1n) is 7.40. The molecule has 0 aromatic heterocycles. The highest BCUT2D eigenvalue weighted by molar-refractivity contribution is 5.90. The molecule has 3 rings (SSSR count). The van der Waals surface area contributed by atoms with Crippen LogP contribution in [0.3, 0.4) is 0 Å². The smallest absolute Gasteiger partial charge is 0.271 e. The first-order chi connectivity index (χ1) is 12.7. The van der Waals surface area contributed by atoms with Crippen LogP contribution in [0.1, 0.15) is 5.56 Å². The topological polar surface area (TPSA) is 9.23 Å². The molecule has 0 aliphatic carbocycles. The van der Waals surface area contributed by atoms with Crippen molar-refractivity contribution in [3.63, 3.8) is 0 Å². The van der Waals surface area contributed by atoms with Gasteiger partial charge in [-0.25, -0.2) is 22.0 Å². The molecule has 0 aliphatic heterocycles. The van der Waals surface area contributed by atoms with Gasteiger partial charge in [-0.2, -0.15) is 8.78 Å². The Morgan fingerprint density at radius 2 is 1.44 bits per heavy atom. The van der Waals surface area contributed by atoms with Crippen LogP contribution in [0, 0.1) is 29.1 Å². The molecule has 0 N–H and O–H groups in total. The average Bonchev–Trinajstić information content (AvgIpc) is 2.57. The molecule has 0 saturated heterocycles. The molecule has 8 heteroatoms. The lowest BCUT2D eigenvalue weighted by Gasteiger charge is -2.11. The quantitative estimate of drug-likeness (QED) is 0.470. The van der Waals surface area contributed by atoms with Crippen molar-refractivity contribution in [2.75, 3.05) is 7.11 Å². The SMILES string of the molecule is COc1cc(F)c(-c2cc(F)c3c(F)c(C=C(F)F)c(F)cc3c2)c(F)c1. The summed E-state index contributed by atoms with van der Waals surface area (Å²) >= 11 is 0. The predicted molar refractivity (Wildman–Crippen MR) is 85.9 cm³/mol. The molecule has 3 aromatic rings. The Kier molecular flexibility index (Phi) is 4.82. The fourth-order valence-electron chi connectivity index (χ4n) is 2.76. The van der Waals surface area contributed by atoms with Crippen LogP contribution in [0.15, 0.2) is 36.4 Å². The Balaban J connectivity index is 2.30. The highest BCUT2D eigenvalue weighted by atomic mass is 19.3. The number of rotatable bonds is 3. The Morgan fingerprint density at radius 3 is 2.00 bits per heavy atom. The Hall–Kier alpha value is -3.03. The summed E-state index contributed by atoms with van der Waals surface area (Å²) in [6, 6.07) is 3.92. The number of fused-ring (bicyclic) bond motifs is 1. The van der Waals surface area contributed by atoms with Gasteiger partial charge in [-0.05, 0) is 29.1 Å². The molecule has 0 aliphatic rings. The number of ether oxygens (including phenoxy) is 1. The number of benzene rings is 3. The molecule has 140 valence electrons. The highest BCUT2D eigenvalue weighted by Crippen LogP contribution is 2.35. The third-order valence-corrected chi connectivity index (χ3v) is 3.91. The van der Waals surface area contributed by atoms with E-state index in [9.17, 15) is 30.7 Å². The fourth-order valence-corrected chi connectivity index (χ4v) is 2.76. The molecular weight excluding hydrogens is 377 g/mol. The van der Waals surface area contributed by atoms with Crippen LogP contribution in [0.2, 0.25) is 0 Å². The zero-order chi connectivity index (χ0) is 19.9. The number of hydrogen-bond donors (Lipinski definition) is 0. The standard InChI is InChI=1S/C19H9F7O/c1-27-10-5-14(22)17(15(23)6-10)8-2-9-3-12(20)11(7-16(24)25)19(26)18(9)13(21)4-8/h2-7H,1H3. The Bertz CT molecular complexity index is 1060. The summed E-state index contributed by atoms with van der Waals surface area (Å²) in [6.45, 7) is 0. The maximum atomic E-state index is 14.4. The normalized spacial score (nSPS) is 11.0. The third-order valence-electron chi connectivity index (χ3n) is 3.91. The molecule has 0 unspecified atom stereocenters. The molecule has 0 spiro atoms. The van der Waals surface area contributed by atoms with E-state index in [4.69, 9.17) is 4.74 Å². The van der Waals surface area contributed by atoms with Crippen LogP contribution in [-0.2, 0) is 0 Å². The fraction of sp³-hybridized carbons (Fsp3) is 0.0526. The van der Waals surface area contributed by atoms with Crippen LogP contribution in [-0.4, -0.2) is 7.11 Å². The van der Waals surface area contributed by atoms with Crippen molar-refractivity contribution in [2.24, 2.45) is 0 Å². The van der Waals surface area contributed by atoms with E-state index >= 15 is 0 Å². The lowest BCUT2D eigenvalue weighted by atomic mass is 9.97. The van der Waals surface area contributed by atoms with Gasteiger partial charge in [0.1, 0.15) is 34.8 Å². The summed E-state index contributed by atoms with van der Waals surface area (Å²) in [5.41, 5.74) is -2.07. The van der Waals surface area contributed by atoms with E-state index in [1.54, 1.807) is 0 Å². The minimum atomic E-state index is -2.37. The van der Waals surface area contributed by atoms with Crippen molar-refractivity contribution < 1.29 is 35.5 Å². The van der Waals surface area contributed by atoms with Crippen LogP contribution in [0.4, 0.5) is 30.7 Å². The largest absolute Gasteiger partial charge is 0.497 e. The first kappa shape index (κ1) is 18.8. The number of hydrogen-bond acceptors (Lipinski definition) is 1. The predicted octanol–water partition coefficient (Wildman–Crippen LogP) is 6.45. The highest BCUT2D eigenvalue weighted by Gasteiger charge is 2.20. The van der Waals surface area contributed by atoms with E-state index in [1.807, 2.05) is 0 Å². The molecular formula is C19H9F7O. The van der Waals surface area contributed by atoms with Crippen LogP contribution >= 0.6 is 0 Å². The number of halogens is 7. The third kappa shape index (κ3) is 3.34. The Morgan fingerprint density at radius 1 is 0.815 bits per heavy atom. The molecule has 0 saturated carbocycles. The van der Waals surface area contributed by atoms with E-state index in [1.165, 1.54) is 7.11 Å². The van der Waals surface area contributed by atoms with Crippen molar-refractivity contribution in [2.45, 2.75) is 0 Å². The van der Waals surface area contributed by atoms with Crippen LogP contribution in [0.5, 0.6) is 5.75 Å². The summed E-state index contributed by atoms with van der Waals surface area (Å²) in [5.74, 6) is -6.48. The maximum absolute atomic E-state index is 14.4. The molecule has 0 fully saturated rings. The van der Waals surface area contributed by atoms with Crippen LogP contribution in [0.25, 0.3) is 28.0 Å². The zero-order valence-corrected chi connectivity index (χ0v) is 13.5. The van der Waals surface area contributed by atoms with Gasteiger partial charge in [0.2, 0.25) is 0 Å². The molecule has 0 bridgehead atoms. The van der Waals surface area contributed by atoms with Crippen LogP contribution < -0.4 is 4.74 Å². The van der Waals surface area contributed by atoms with Gasteiger partial charge in [0.05, 0.1) is 23.6 Å². The lowest BCUT2D eigenvalue weighted by Crippen LogP contribution is -1.97. The van der Waals surface area contributed by atoms with Crippen molar-refractivity contribution >= 4 is 16.8 Å². The first-order valence-corrected chi connectivity index (χ1v) is 7.40. The van der Waals surface area contributed by atoms with E-state index < -0.39 is 51.7 Å². The maximum Gasteiger partial charge on any atom is 0.271 e. The van der Waals surface area contributed by atoms with Crippen molar-refractivity contribution in [3.05, 3.63) is 71.1 Å². The monoisotopic (exact) mass is 386 g/mol. The lowest BCUT2D eigenvalue weighted by molar-refractivity contribution is 0.407. The molecule has 0 amide bonds. The number of methoxy groups -OCH3 is 1. The van der Waals surface area contributed by atoms with Gasteiger partial charge in [0, 0.05) is 18.2 Å². The molecule has 27 heavy (non-hydrogen) atoms. The van der Waals surface area contributed by atoms with Crippen molar-refractivity contribution in [3.8, 4) is 16.9 Å². The summed E-state index contributed by atoms with van der Waals surface area (Å²) in [6.07, 6.45) is -2.44. The Labute approximate surface area is 148 Å². The minimum Gasteiger partial charge on any atom is -0.497 e. The molecule has 3 aromatic carbocycles. The average molecular weight is 386 g/mol. The van der Waals surface area contributed by atoms with E-state index in [0.717, 1.165) is 18.2 Å². The van der Waals surface area contributed by atoms with Gasteiger partial charge >= 0.3 is 0 Å². The second-order valence-corrected chi connectivity index (χ2v) is 5.54. The van der Waals surface area contributed by atoms with E-state index in [0.29, 0.717) is 12.1 Å². The molecule has 1 nitrogen and oxygen atoms in total. The molecule has 0 atom stereocenters. The zero-order valence-electron chi connectivity index (χ0n) is 13.5. The summed E-state index contributed by atoms with van der Waals surface area (Å²) < 4.78 is 101. The minimum absolute atomic E-state index is 0.0692. The van der Waals surface area contributed by atoms with E-state index in [-0.39, 0.29) is 22.8 Å². The van der Waals surface area contributed by atoms with Gasteiger partial charge in [-0.15, -0.1) is 0 Å². The van der Waals surface area contributed by atoms with Crippen molar-refractivity contribution in [1.82, 2.24) is 0 Å². The van der Waals surface area contributed by atoms with Gasteiger partial charge in [0.25, 0.3) is 6.08 Å². The summed E-state index contributed by atoms with van der Waals surface area (Å²) in [4.78, 5) is 0. The van der Waals surface area contributed by atoms with E-state index in [2.05, 4.69) is 0 Å². The summed E-state index contributed by atoms with van der Waals surface area (Å²) in [7, 11) is 1.20. The van der Waals surface area contributed by atoms with Gasteiger partial charge in [0.15, 0.2) is 0 Å². The summed E-state index contributed by atoms with van der Waals surface area (Å²) in [5, 5.41) is -1.16. The second kappa shape index (κ2) is 6.94. The van der Waals surface area contributed by atoms with Gasteiger partial charge in [-0.3, -0.25) is 0 Å². The van der Waals surface area contributed by atoms with Gasteiger partial charge in [-0.1, -0.05) is 0 Å². The van der Waals surface area contributed by atoms with Crippen molar-refractivity contribution in [1.29, 1.82) is 0 Å². The molecule has 0 heterocycles. The molecule has 0 radical (unpaired) electrons. The van der Waals surface area contributed by atoms with Gasteiger partial charge < -0.3 is 4.74 Å².